The number of rotatable bonds is 4. The van der Waals surface area contributed by atoms with E-state index in [2.05, 4.69) is 42.6 Å². The van der Waals surface area contributed by atoms with Crippen LogP contribution in [0, 0.1) is 9.62 Å². The van der Waals surface area contributed by atoms with E-state index >= 15 is 0 Å². The van der Waals surface area contributed by atoms with Gasteiger partial charge >= 0.3 is 6.09 Å². The van der Waals surface area contributed by atoms with Crippen molar-refractivity contribution in [1.29, 1.82) is 0 Å². The van der Waals surface area contributed by atoms with Crippen LogP contribution in [-0.2, 0) is 9.53 Å². The fourth-order valence-corrected chi connectivity index (χ4v) is 3.09. The van der Waals surface area contributed by atoms with E-state index in [0.717, 1.165) is 22.4 Å². The first-order chi connectivity index (χ1) is 10.4. The van der Waals surface area contributed by atoms with Crippen molar-refractivity contribution in [2.45, 2.75) is 38.8 Å². The molecule has 0 aliphatic carbocycles. The van der Waals surface area contributed by atoms with E-state index in [1.54, 1.807) is 11.1 Å². The molecule has 8 heteroatoms. The van der Waals surface area contributed by atoms with Gasteiger partial charge in [-0.15, -0.1) is 0 Å². The Hall–Kier alpha value is -1.32. The highest BCUT2D eigenvalue weighted by Crippen LogP contribution is 2.31. The number of aromatic nitrogens is 2. The Labute approximate surface area is 143 Å². The number of imidazole rings is 1. The maximum absolute atomic E-state index is 12.8. The molecule has 1 aliphatic rings. The van der Waals surface area contributed by atoms with E-state index in [9.17, 15) is 9.59 Å². The van der Waals surface area contributed by atoms with Gasteiger partial charge in [0.1, 0.15) is 11.9 Å². The molecule has 2 amide bonds. The Kier molecular flexibility index (Phi) is 5.65. The lowest BCUT2D eigenvalue weighted by molar-refractivity contribution is -0.135. The third-order valence-corrected chi connectivity index (χ3v) is 4.36. The van der Waals surface area contributed by atoms with Crippen LogP contribution in [0.25, 0.3) is 0 Å². The number of alkyl carbamates (subject to hydrolysis) is 1. The summed E-state index contributed by atoms with van der Waals surface area (Å²) < 4.78 is 5.56. The highest BCUT2D eigenvalue weighted by molar-refractivity contribution is 14.1. The quantitative estimate of drug-likeness (QED) is 0.731. The number of halogens is 1. The van der Waals surface area contributed by atoms with E-state index in [4.69, 9.17) is 0 Å². The predicted molar refractivity (Wildman–Crippen MR) is 89.2 cm³/mol. The standard InChI is InChI=1S/C14H21IN4O3/c1-8(2)11(18-14(21)22-3)13(20)19-6-4-5-9(19)12-16-7-10(15)17-12/h7-9,11H,4-6H2,1-3H3,(H,16,17)(H,18,21)/t9?,11-/m0/s1. The van der Waals surface area contributed by atoms with Gasteiger partial charge < -0.3 is 19.9 Å². The van der Waals surface area contributed by atoms with Crippen LogP contribution in [0.2, 0.25) is 0 Å². The summed E-state index contributed by atoms with van der Waals surface area (Å²) in [5.41, 5.74) is 0. The minimum Gasteiger partial charge on any atom is -0.453 e. The average molecular weight is 420 g/mol. The van der Waals surface area contributed by atoms with Crippen LogP contribution >= 0.6 is 22.6 Å². The second-order valence-corrected chi connectivity index (χ2v) is 6.83. The zero-order valence-corrected chi connectivity index (χ0v) is 15.1. The summed E-state index contributed by atoms with van der Waals surface area (Å²) in [5, 5.41) is 2.64. The lowest BCUT2D eigenvalue weighted by Gasteiger charge is -2.29. The zero-order valence-electron chi connectivity index (χ0n) is 12.9. The molecule has 1 aromatic rings. The van der Waals surface area contributed by atoms with E-state index in [1.165, 1.54) is 7.11 Å². The minimum atomic E-state index is -0.595. The molecular weight excluding hydrogens is 399 g/mol. The van der Waals surface area contributed by atoms with Gasteiger partial charge in [0.2, 0.25) is 5.91 Å². The molecule has 1 aromatic heterocycles. The Morgan fingerprint density at radius 1 is 1.55 bits per heavy atom. The fourth-order valence-electron chi connectivity index (χ4n) is 2.68. The molecule has 2 atom stereocenters. The van der Waals surface area contributed by atoms with E-state index in [1.807, 2.05) is 13.8 Å². The number of carbonyl (C=O) groups is 2. The number of hydrogen-bond acceptors (Lipinski definition) is 4. The molecule has 0 bridgehead atoms. The molecule has 0 radical (unpaired) electrons. The minimum absolute atomic E-state index is 0.0235. The molecule has 122 valence electrons. The van der Waals surface area contributed by atoms with Gasteiger partial charge in [-0.25, -0.2) is 9.78 Å². The third kappa shape index (κ3) is 3.71. The summed E-state index contributed by atoms with van der Waals surface area (Å²) in [6, 6.07) is -0.654. The summed E-state index contributed by atoms with van der Waals surface area (Å²) in [6.07, 6.45) is 2.97. The van der Waals surface area contributed by atoms with Gasteiger partial charge in [-0.2, -0.15) is 0 Å². The van der Waals surface area contributed by atoms with Crippen LogP contribution in [-0.4, -0.2) is 46.6 Å². The first kappa shape index (κ1) is 17.0. The lowest BCUT2D eigenvalue weighted by Crippen LogP contribution is -2.51. The molecule has 1 saturated heterocycles. The Morgan fingerprint density at radius 3 is 2.82 bits per heavy atom. The van der Waals surface area contributed by atoms with Crippen LogP contribution < -0.4 is 5.32 Å². The van der Waals surface area contributed by atoms with Crippen LogP contribution in [0.3, 0.4) is 0 Å². The molecule has 0 spiro atoms. The second kappa shape index (κ2) is 7.30. The normalized spacial score (nSPS) is 19.3. The maximum atomic E-state index is 12.8. The Bertz CT molecular complexity index is 546. The third-order valence-electron chi connectivity index (χ3n) is 3.81. The number of aromatic amines is 1. The Balaban J connectivity index is 2.16. The number of carbonyl (C=O) groups excluding carboxylic acids is 2. The first-order valence-electron chi connectivity index (χ1n) is 7.29. The molecule has 2 heterocycles. The van der Waals surface area contributed by atoms with Gasteiger partial charge in [-0.1, -0.05) is 13.8 Å². The molecule has 1 unspecified atom stereocenters. The number of likely N-dealkylation sites (tertiary alicyclic amines) is 1. The van der Waals surface area contributed by atoms with Gasteiger partial charge in [0, 0.05) is 6.54 Å². The average Bonchev–Trinajstić information content (AvgIpc) is 3.11. The number of hydrogen-bond donors (Lipinski definition) is 2. The highest BCUT2D eigenvalue weighted by Gasteiger charge is 2.37. The van der Waals surface area contributed by atoms with E-state index in [0.29, 0.717) is 6.54 Å². The monoisotopic (exact) mass is 420 g/mol. The fraction of sp³-hybridized carbons (Fsp3) is 0.643. The molecule has 2 N–H and O–H groups in total. The molecule has 0 saturated carbocycles. The van der Waals surface area contributed by atoms with Crippen LogP contribution in [0.15, 0.2) is 6.20 Å². The van der Waals surface area contributed by atoms with Crippen molar-refractivity contribution in [3.8, 4) is 0 Å². The number of nitrogens with zero attached hydrogens (tertiary/aromatic N) is 2. The van der Waals surface area contributed by atoms with Gasteiger partial charge in [0.25, 0.3) is 0 Å². The topological polar surface area (TPSA) is 87.3 Å². The molecule has 1 fully saturated rings. The predicted octanol–water partition coefficient (Wildman–Crippen LogP) is 2.06. The van der Waals surface area contributed by atoms with Crippen molar-refractivity contribution in [3.05, 3.63) is 15.7 Å². The summed E-state index contributed by atoms with van der Waals surface area (Å²) >= 11 is 2.16. The number of ether oxygens (including phenoxy) is 1. The Morgan fingerprint density at radius 2 is 2.27 bits per heavy atom. The van der Waals surface area contributed by atoms with E-state index < -0.39 is 12.1 Å². The number of H-pyrrole nitrogens is 1. The lowest BCUT2D eigenvalue weighted by atomic mass is 10.0. The van der Waals surface area contributed by atoms with Gasteiger partial charge in [-0.05, 0) is 41.4 Å². The summed E-state index contributed by atoms with van der Waals surface area (Å²) in [5.74, 6) is 0.690. The van der Waals surface area contributed by atoms with Crippen molar-refractivity contribution in [2.75, 3.05) is 13.7 Å². The summed E-state index contributed by atoms with van der Waals surface area (Å²) in [4.78, 5) is 33.7. The van der Waals surface area contributed by atoms with Crippen molar-refractivity contribution in [3.63, 3.8) is 0 Å². The van der Waals surface area contributed by atoms with Crippen LogP contribution in [0.1, 0.15) is 38.6 Å². The van der Waals surface area contributed by atoms with Crippen LogP contribution in [0.5, 0.6) is 0 Å². The molecule has 1 aliphatic heterocycles. The smallest absolute Gasteiger partial charge is 0.407 e. The number of nitrogens with one attached hydrogen (secondary N) is 2. The molecule has 2 rings (SSSR count). The van der Waals surface area contributed by atoms with Gasteiger partial charge in [-0.3, -0.25) is 4.79 Å². The summed E-state index contributed by atoms with van der Waals surface area (Å²) in [7, 11) is 1.29. The number of amides is 2. The largest absolute Gasteiger partial charge is 0.453 e. The van der Waals surface area contributed by atoms with Crippen molar-refractivity contribution in [2.24, 2.45) is 5.92 Å². The first-order valence-corrected chi connectivity index (χ1v) is 8.37. The van der Waals surface area contributed by atoms with Crippen molar-refractivity contribution in [1.82, 2.24) is 20.2 Å². The van der Waals surface area contributed by atoms with Crippen LogP contribution in [0.4, 0.5) is 4.79 Å². The maximum Gasteiger partial charge on any atom is 0.407 e. The molecule has 0 aromatic carbocycles. The second-order valence-electron chi connectivity index (χ2n) is 5.66. The van der Waals surface area contributed by atoms with Gasteiger partial charge in [0.05, 0.1) is 23.0 Å². The van der Waals surface area contributed by atoms with Crippen molar-refractivity contribution >= 4 is 34.6 Å². The number of methoxy groups -OCH3 is 1. The molecule has 7 nitrogen and oxygen atoms in total. The summed E-state index contributed by atoms with van der Waals surface area (Å²) in [6.45, 7) is 4.48. The SMILES string of the molecule is COC(=O)N[C@H](C(=O)N1CCCC1c1ncc(I)[nH]1)C(C)C. The molecule has 22 heavy (non-hydrogen) atoms. The van der Waals surface area contributed by atoms with Gasteiger partial charge in [0.15, 0.2) is 0 Å². The van der Waals surface area contributed by atoms with E-state index in [-0.39, 0.29) is 17.9 Å². The molecular formula is C14H21IN4O3. The zero-order chi connectivity index (χ0) is 16.3. The highest BCUT2D eigenvalue weighted by atomic mass is 127. The van der Waals surface area contributed by atoms with Crippen molar-refractivity contribution < 1.29 is 14.3 Å².